The monoisotopic (exact) mass is 569 g/mol. The van der Waals surface area contributed by atoms with Gasteiger partial charge in [-0.1, -0.05) is 0 Å². The second kappa shape index (κ2) is 8.87. The summed E-state index contributed by atoms with van der Waals surface area (Å²) < 4.78 is 111. The number of hydrogen-bond donors (Lipinski definition) is 1. The minimum Gasteiger partial charge on any atom is -0.372 e. The summed E-state index contributed by atoms with van der Waals surface area (Å²) in [6.07, 6.45) is -4.68. The largest absolute Gasteiger partial charge is 0.499 e. The zero-order valence-corrected chi connectivity index (χ0v) is 19.9. The molecule has 19 heteroatoms. The van der Waals surface area contributed by atoms with E-state index in [2.05, 4.69) is 30.3 Å². The topological polar surface area (TPSA) is 142 Å². The van der Waals surface area contributed by atoms with Gasteiger partial charge in [-0.2, -0.15) is 36.6 Å². The average molecular weight is 569 g/mol. The molecule has 206 valence electrons. The van der Waals surface area contributed by atoms with Gasteiger partial charge >= 0.3 is 17.7 Å². The number of hydrogen-bond acceptors (Lipinski definition) is 11. The van der Waals surface area contributed by atoms with Gasteiger partial charge < -0.3 is 14.5 Å². The third-order valence-corrected chi connectivity index (χ3v) is 8.14. The molecule has 4 aliphatic rings. The summed E-state index contributed by atoms with van der Waals surface area (Å²) in [5, 5.41) is 12.4. The van der Waals surface area contributed by atoms with Gasteiger partial charge in [0.05, 0.1) is 42.9 Å². The number of sulfone groups is 1. The van der Waals surface area contributed by atoms with Gasteiger partial charge in [-0.05, 0) is 12.5 Å². The molecular formula is C19H17F6N7O5S. The van der Waals surface area contributed by atoms with Crippen LogP contribution in [0.2, 0.25) is 0 Å². The average Bonchev–Trinajstić information content (AvgIpc) is 3.57. The van der Waals surface area contributed by atoms with Gasteiger partial charge in [0.2, 0.25) is 0 Å². The van der Waals surface area contributed by atoms with E-state index >= 15 is 0 Å². The zero-order valence-electron chi connectivity index (χ0n) is 19.1. The molecule has 0 radical (unpaired) electrons. The SMILES string of the molecule is C[C@@H]1[C@@H]([C@@H]2N=C3N=NC=C3C3=C2C[C@@H](S(=O)(=O)C(F)(F)F)N3c2ccn[nH]2)OCCN1OC(=O)C(F)(F)F. The van der Waals surface area contributed by atoms with Gasteiger partial charge in [0, 0.05) is 12.5 Å². The maximum absolute atomic E-state index is 13.7. The number of carbonyl (C=O) groups is 1. The van der Waals surface area contributed by atoms with E-state index in [1.54, 1.807) is 0 Å². The van der Waals surface area contributed by atoms with Crippen LogP contribution in [0.4, 0.5) is 32.2 Å². The molecule has 4 atom stereocenters. The van der Waals surface area contributed by atoms with Crippen LogP contribution >= 0.6 is 0 Å². The molecule has 5 rings (SSSR count). The number of halogens is 6. The minimum absolute atomic E-state index is 0.0206. The summed E-state index contributed by atoms with van der Waals surface area (Å²) in [6.45, 7) is 0.925. The standard InChI is InChI=1S/C19H17F6N7O5S/c1-8-15(36-5-4-31(8)37-17(33)18(20,21)22)13-9-6-12(38(34,35)19(23,24)25)32(11-2-3-26-29-11)14(9)10-7-27-30-16(10)28-13/h2-3,7-8,12-13,15H,4-6H2,1H3,(H,26,29)/t8-,12-,13-,15+/m1/s1. The number of azo groups is 1. The number of rotatable bonds is 4. The van der Waals surface area contributed by atoms with Crippen molar-refractivity contribution >= 4 is 27.5 Å². The van der Waals surface area contributed by atoms with Crippen molar-refractivity contribution in [2.45, 2.75) is 48.6 Å². The molecule has 1 saturated heterocycles. The molecule has 1 N–H and O–H groups in total. The fraction of sp³-hybridized carbons (Fsp3) is 0.526. The van der Waals surface area contributed by atoms with E-state index in [1.807, 2.05) is 0 Å². The van der Waals surface area contributed by atoms with E-state index in [-0.39, 0.29) is 41.6 Å². The number of hydroxylamine groups is 2. The highest BCUT2D eigenvalue weighted by Gasteiger charge is 2.59. The van der Waals surface area contributed by atoms with Gasteiger partial charge in [-0.15, -0.1) is 10.2 Å². The molecule has 0 amide bonds. The van der Waals surface area contributed by atoms with E-state index in [9.17, 15) is 39.6 Å². The zero-order chi connectivity index (χ0) is 27.6. The summed E-state index contributed by atoms with van der Waals surface area (Å²) in [7, 11) is -5.80. The first kappa shape index (κ1) is 26.3. The summed E-state index contributed by atoms with van der Waals surface area (Å²) in [4.78, 5) is 21.2. The van der Waals surface area contributed by atoms with Crippen LogP contribution in [0, 0.1) is 0 Å². The molecule has 0 saturated carbocycles. The Morgan fingerprint density at radius 2 is 1.97 bits per heavy atom. The van der Waals surface area contributed by atoms with Crippen molar-refractivity contribution in [2.24, 2.45) is 15.2 Å². The van der Waals surface area contributed by atoms with Crippen molar-refractivity contribution in [3.63, 3.8) is 0 Å². The van der Waals surface area contributed by atoms with Crippen molar-refractivity contribution < 1.29 is 49.1 Å². The Bertz CT molecular complexity index is 1370. The Morgan fingerprint density at radius 1 is 1.24 bits per heavy atom. The van der Waals surface area contributed by atoms with Crippen LogP contribution in [0.3, 0.4) is 0 Å². The third-order valence-electron chi connectivity index (χ3n) is 6.40. The number of H-pyrrole nitrogens is 1. The third kappa shape index (κ3) is 4.17. The number of ether oxygens (including phenoxy) is 1. The number of aromatic amines is 1. The van der Waals surface area contributed by atoms with E-state index in [4.69, 9.17) is 4.74 Å². The molecular weight excluding hydrogens is 552 g/mol. The lowest BCUT2D eigenvalue weighted by Gasteiger charge is -2.41. The van der Waals surface area contributed by atoms with Crippen LogP contribution in [0.25, 0.3) is 0 Å². The van der Waals surface area contributed by atoms with E-state index in [1.165, 1.54) is 25.4 Å². The molecule has 0 bridgehead atoms. The molecule has 5 heterocycles. The number of morpholine rings is 1. The van der Waals surface area contributed by atoms with E-state index in [0.29, 0.717) is 0 Å². The highest BCUT2D eigenvalue weighted by molar-refractivity contribution is 7.93. The van der Waals surface area contributed by atoms with Crippen LogP contribution < -0.4 is 4.90 Å². The predicted octanol–water partition coefficient (Wildman–Crippen LogP) is 2.37. The molecule has 0 aliphatic carbocycles. The Morgan fingerprint density at radius 3 is 2.61 bits per heavy atom. The van der Waals surface area contributed by atoms with Crippen molar-refractivity contribution in [2.75, 3.05) is 18.1 Å². The molecule has 1 fully saturated rings. The van der Waals surface area contributed by atoms with Gasteiger partial charge in [0.15, 0.2) is 11.2 Å². The smallest absolute Gasteiger partial charge is 0.372 e. The Balaban J connectivity index is 1.57. The van der Waals surface area contributed by atoms with Crippen LogP contribution in [-0.2, 0) is 24.2 Å². The highest BCUT2D eigenvalue weighted by Crippen LogP contribution is 2.48. The molecule has 0 aromatic carbocycles. The number of anilines is 1. The Labute approximate surface area is 209 Å². The van der Waals surface area contributed by atoms with Crippen LogP contribution in [0.1, 0.15) is 13.3 Å². The van der Waals surface area contributed by atoms with Gasteiger partial charge in [0.1, 0.15) is 18.0 Å². The summed E-state index contributed by atoms with van der Waals surface area (Å²) in [5.74, 6) is -2.57. The van der Waals surface area contributed by atoms with Crippen molar-refractivity contribution in [1.82, 2.24) is 15.3 Å². The first-order valence-electron chi connectivity index (χ1n) is 10.9. The van der Waals surface area contributed by atoms with Crippen molar-refractivity contribution in [3.8, 4) is 0 Å². The minimum atomic E-state index is -5.80. The van der Waals surface area contributed by atoms with Crippen LogP contribution in [0.5, 0.6) is 0 Å². The first-order chi connectivity index (χ1) is 17.7. The molecule has 4 aliphatic heterocycles. The summed E-state index contributed by atoms with van der Waals surface area (Å²) >= 11 is 0. The van der Waals surface area contributed by atoms with Crippen molar-refractivity contribution in [1.29, 1.82) is 0 Å². The lowest BCUT2D eigenvalue weighted by molar-refractivity contribution is -0.266. The maximum atomic E-state index is 13.7. The molecule has 0 unspecified atom stereocenters. The Kier molecular flexibility index (Phi) is 6.14. The number of carbonyl (C=O) groups excluding carboxylic acids is 1. The normalized spacial score (nSPS) is 28.2. The molecule has 1 aromatic heterocycles. The van der Waals surface area contributed by atoms with Gasteiger partial charge in [-0.25, -0.2) is 13.2 Å². The molecule has 0 spiro atoms. The fourth-order valence-electron chi connectivity index (χ4n) is 4.72. The van der Waals surface area contributed by atoms with Crippen LogP contribution in [-0.4, -0.2) is 83.9 Å². The van der Waals surface area contributed by atoms with Crippen molar-refractivity contribution in [3.05, 3.63) is 35.3 Å². The first-order valence-corrected chi connectivity index (χ1v) is 12.4. The fourth-order valence-corrected chi connectivity index (χ4v) is 5.93. The summed E-state index contributed by atoms with van der Waals surface area (Å²) in [5.41, 5.74) is -5.35. The lowest BCUT2D eigenvalue weighted by Crippen LogP contribution is -2.55. The molecule has 1 aromatic rings. The summed E-state index contributed by atoms with van der Waals surface area (Å²) in [6, 6.07) is -0.992. The van der Waals surface area contributed by atoms with Gasteiger partial charge in [0.25, 0.3) is 9.84 Å². The quantitative estimate of drug-likeness (QED) is 0.545. The second-order valence-corrected chi connectivity index (χ2v) is 10.7. The predicted molar refractivity (Wildman–Crippen MR) is 114 cm³/mol. The molecule has 12 nitrogen and oxygen atoms in total. The highest BCUT2D eigenvalue weighted by atomic mass is 32.2. The lowest BCUT2D eigenvalue weighted by atomic mass is 9.90. The van der Waals surface area contributed by atoms with Crippen LogP contribution in [0.15, 0.2) is 50.5 Å². The number of nitrogens with zero attached hydrogens (tertiary/aromatic N) is 6. The van der Waals surface area contributed by atoms with E-state index < -0.39 is 57.5 Å². The number of fused-ring (bicyclic) bond motifs is 2. The second-order valence-electron chi connectivity index (χ2n) is 8.58. The molecule has 38 heavy (non-hydrogen) atoms. The number of aromatic nitrogens is 2. The van der Waals surface area contributed by atoms with Gasteiger partial charge in [-0.3, -0.25) is 10.1 Å². The van der Waals surface area contributed by atoms with E-state index in [0.717, 1.165) is 9.96 Å². The maximum Gasteiger partial charge on any atom is 0.499 e. The number of alkyl halides is 6. The number of dihydropyridines is 1. The number of nitrogens with one attached hydrogen (secondary N) is 1. The number of amidine groups is 1. The number of aliphatic imine (C=N–C) groups is 1. The Hall–Kier alpha value is -3.32.